The molecule has 7 nitrogen and oxygen atoms in total. The number of likely N-dealkylation sites (tertiary alicyclic amines) is 1. The number of aliphatic carboxylic acids is 1. The van der Waals surface area contributed by atoms with Crippen molar-refractivity contribution in [3.05, 3.63) is 0 Å². The molecule has 108 valence electrons. The van der Waals surface area contributed by atoms with E-state index in [1.54, 1.807) is 20.8 Å². The first-order valence-corrected chi connectivity index (χ1v) is 6.24. The van der Waals surface area contributed by atoms with Gasteiger partial charge >= 0.3 is 12.1 Å². The maximum absolute atomic E-state index is 12.1. The van der Waals surface area contributed by atoms with Crippen LogP contribution in [0, 0.1) is 5.92 Å². The van der Waals surface area contributed by atoms with Gasteiger partial charge in [0, 0.05) is 5.92 Å². The quantitative estimate of drug-likeness (QED) is 0.611. The number of nitrogens with zero attached hydrogens (tertiary/aromatic N) is 1. The first-order valence-electron chi connectivity index (χ1n) is 6.24. The minimum absolute atomic E-state index is 0.183. The molecule has 5 atom stereocenters. The Morgan fingerprint density at radius 2 is 1.84 bits per heavy atom. The number of fused-ring (bicyclic) bond motifs is 2. The third-order valence-corrected chi connectivity index (χ3v) is 3.58. The Balaban J connectivity index is 2.26. The molecule has 3 unspecified atom stereocenters. The van der Waals surface area contributed by atoms with Crippen LogP contribution < -0.4 is 0 Å². The summed E-state index contributed by atoms with van der Waals surface area (Å²) in [4.78, 5) is 24.3. The summed E-state index contributed by atoms with van der Waals surface area (Å²) in [6, 6.07) is -2.04. The Hall–Kier alpha value is -1.34. The first-order chi connectivity index (χ1) is 8.63. The highest BCUT2D eigenvalue weighted by Gasteiger charge is 2.62. The lowest BCUT2D eigenvalue weighted by atomic mass is 9.97. The third kappa shape index (κ3) is 2.28. The zero-order chi connectivity index (χ0) is 14.5. The lowest BCUT2D eigenvalue weighted by Crippen LogP contribution is -2.55. The second kappa shape index (κ2) is 4.35. The van der Waals surface area contributed by atoms with Gasteiger partial charge in [0.25, 0.3) is 0 Å². The Morgan fingerprint density at radius 1 is 1.26 bits per heavy atom. The van der Waals surface area contributed by atoms with Crippen molar-refractivity contribution in [1.82, 2.24) is 4.90 Å². The van der Waals surface area contributed by atoms with Gasteiger partial charge in [0.1, 0.15) is 11.6 Å². The van der Waals surface area contributed by atoms with E-state index in [1.165, 1.54) is 0 Å². The van der Waals surface area contributed by atoms with Crippen molar-refractivity contribution in [2.24, 2.45) is 5.92 Å². The van der Waals surface area contributed by atoms with Crippen LogP contribution in [0.2, 0.25) is 0 Å². The number of aliphatic hydroxyl groups excluding tert-OH is 2. The zero-order valence-electron chi connectivity index (χ0n) is 11.1. The molecule has 2 rings (SSSR count). The normalized spacial score (nSPS) is 37.5. The smallest absolute Gasteiger partial charge is 0.411 e. The number of amides is 1. The summed E-state index contributed by atoms with van der Waals surface area (Å²) in [6.45, 7) is 5.01. The number of hydrogen-bond acceptors (Lipinski definition) is 5. The van der Waals surface area contributed by atoms with Crippen LogP contribution >= 0.6 is 0 Å². The number of carbonyl (C=O) groups excluding carboxylic acids is 1. The minimum atomic E-state index is -1.19. The fourth-order valence-corrected chi connectivity index (χ4v) is 2.95. The van der Waals surface area contributed by atoms with Gasteiger partial charge in [0.15, 0.2) is 0 Å². The van der Waals surface area contributed by atoms with Crippen LogP contribution in [0.3, 0.4) is 0 Å². The van der Waals surface area contributed by atoms with E-state index >= 15 is 0 Å². The van der Waals surface area contributed by atoms with Crippen molar-refractivity contribution in [2.75, 3.05) is 0 Å². The van der Waals surface area contributed by atoms with E-state index in [2.05, 4.69) is 0 Å². The van der Waals surface area contributed by atoms with E-state index in [0.717, 1.165) is 4.90 Å². The molecule has 2 bridgehead atoms. The van der Waals surface area contributed by atoms with E-state index < -0.39 is 47.9 Å². The molecule has 1 saturated heterocycles. The van der Waals surface area contributed by atoms with E-state index in [0.29, 0.717) is 0 Å². The zero-order valence-corrected chi connectivity index (χ0v) is 11.1. The SMILES string of the molecule is CC(C)(C)OC(=O)N1C2C(O)C(C[C@H]2O)[C@H]1C(=O)O. The summed E-state index contributed by atoms with van der Waals surface area (Å²) >= 11 is 0. The number of carbonyl (C=O) groups is 2. The summed E-state index contributed by atoms with van der Waals surface area (Å²) in [7, 11) is 0. The molecule has 1 aliphatic heterocycles. The lowest BCUT2D eigenvalue weighted by molar-refractivity contribution is -0.146. The van der Waals surface area contributed by atoms with Gasteiger partial charge in [-0.1, -0.05) is 0 Å². The molecule has 2 fully saturated rings. The van der Waals surface area contributed by atoms with Crippen molar-refractivity contribution >= 4 is 12.1 Å². The molecule has 0 radical (unpaired) electrons. The Bertz CT molecular complexity index is 404. The second-order valence-electron chi connectivity index (χ2n) is 6.12. The maximum Gasteiger partial charge on any atom is 0.411 e. The van der Waals surface area contributed by atoms with Crippen LogP contribution in [-0.4, -0.2) is 62.2 Å². The second-order valence-corrected chi connectivity index (χ2v) is 6.12. The van der Waals surface area contributed by atoms with Crippen LogP contribution in [-0.2, 0) is 9.53 Å². The Labute approximate surface area is 110 Å². The molecular formula is C12H19NO6. The third-order valence-electron chi connectivity index (χ3n) is 3.58. The molecule has 7 heteroatoms. The molecular weight excluding hydrogens is 254 g/mol. The lowest BCUT2D eigenvalue weighted by Gasteiger charge is -2.35. The molecule has 1 saturated carbocycles. The molecule has 1 aliphatic carbocycles. The predicted octanol–water partition coefficient (Wildman–Crippen LogP) is -0.199. The molecule has 3 N–H and O–H groups in total. The monoisotopic (exact) mass is 273 g/mol. The number of rotatable bonds is 1. The largest absolute Gasteiger partial charge is 0.480 e. The van der Waals surface area contributed by atoms with Gasteiger partial charge in [-0.15, -0.1) is 0 Å². The van der Waals surface area contributed by atoms with Crippen LogP contribution in [0.15, 0.2) is 0 Å². The van der Waals surface area contributed by atoms with Crippen LogP contribution in [0.25, 0.3) is 0 Å². The van der Waals surface area contributed by atoms with Gasteiger partial charge < -0.3 is 20.1 Å². The van der Waals surface area contributed by atoms with E-state index in [4.69, 9.17) is 4.74 Å². The average molecular weight is 273 g/mol. The molecule has 0 aromatic rings. The highest BCUT2D eigenvalue weighted by molar-refractivity contribution is 5.82. The summed E-state index contributed by atoms with van der Waals surface area (Å²) in [6.07, 6.45) is -2.57. The standard InChI is InChI=1S/C12H19NO6/c1-12(2,3)19-11(18)13-7(10(16)17)5-4-6(14)8(13)9(5)15/h5-9,14-15H,4H2,1-3H3,(H,16,17)/t5?,6-,7+,8?,9?/m1/s1. The van der Waals surface area contributed by atoms with Crippen molar-refractivity contribution in [2.45, 2.75) is 57.1 Å². The topological polar surface area (TPSA) is 107 Å². The number of ether oxygens (including phenoxy) is 1. The predicted molar refractivity (Wildman–Crippen MR) is 63.4 cm³/mol. The fraction of sp³-hybridized carbons (Fsp3) is 0.833. The number of aliphatic hydroxyl groups is 2. The fourth-order valence-electron chi connectivity index (χ4n) is 2.95. The minimum Gasteiger partial charge on any atom is -0.480 e. The van der Waals surface area contributed by atoms with E-state index in [1.807, 2.05) is 0 Å². The van der Waals surface area contributed by atoms with Crippen LogP contribution in [0.4, 0.5) is 4.79 Å². The molecule has 1 amide bonds. The number of hydrogen-bond donors (Lipinski definition) is 3. The Morgan fingerprint density at radius 3 is 2.32 bits per heavy atom. The van der Waals surface area contributed by atoms with Crippen molar-refractivity contribution in [1.29, 1.82) is 0 Å². The van der Waals surface area contributed by atoms with Gasteiger partial charge in [-0.2, -0.15) is 0 Å². The molecule has 1 heterocycles. The maximum atomic E-state index is 12.1. The number of carboxylic acid groups (broad SMARTS) is 1. The summed E-state index contributed by atoms with van der Waals surface area (Å²) in [5, 5.41) is 29.0. The highest BCUT2D eigenvalue weighted by atomic mass is 16.6. The van der Waals surface area contributed by atoms with Gasteiger partial charge in [-0.25, -0.2) is 9.59 Å². The molecule has 0 aromatic heterocycles. The number of piperidine rings is 1. The van der Waals surface area contributed by atoms with Gasteiger partial charge in [0.2, 0.25) is 0 Å². The number of carboxylic acids is 1. The summed E-state index contributed by atoms with van der Waals surface area (Å²) < 4.78 is 5.15. The Kier molecular flexibility index (Phi) is 3.22. The van der Waals surface area contributed by atoms with Crippen LogP contribution in [0.1, 0.15) is 27.2 Å². The molecule has 19 heavy (non-hydrogen) atoms. The summed E-state index contributed by atoms with van der Waals surface area (Å²) in [5.41, 5.74) is -0.766. The van der Waals surface area contributed by atoms with Crippen molar-refractivity contribution in [3.63, 3.8) is 0 Å². The summed E-state index contributed by atoms with van der Waals surface area (Å²) in [5.74, 6) is -1.84. The first kappa shape index (κ1) is 14.1. The van der Waals surface area contributed by atoms with Crippen molar-refractivity contribution < 1.29 is 29.6 Å². The van der Waals surface area contributed by atoms with Crippen LogP contribution in [0.5, 0.6) is 0 Å². The molecule has 2 aliphatic rings. The average Bonchev–Trinajstić information content (AvgIpc) is 2.65. The van der Waals surface area contributed by atoms with Crippen molar-refractivity contribution in [3.8, 4) is 0 Å². The van der Waals surface area contributed by atoms with E-state index in [9.17, 15) is 24.9 Å². The highest BCUT2D eigenvalue weighted by Crippen LogP contribution is 2.43. The van der Waals surface area contributed by atoms with Gasteiger partial charge in [-0.05, 0) is 27.2 Å². The van der Waals surface area contributed by atoms with Gasteiger partial charge in [0.05, 0.1) is 18.2 Å². The van der Waals surface area contributed by atoms with E-state index in [-0.39, 0.29) is 6.42 Å². The molecule has 0 spiro atoms. The molecule has 0 aromatic carbocycles. The van der Waals surface area contributed by atoms with Gasteiger partial charge in [-0.3, -0.25) is 4.90 Å².